The molecule has 0 radical (unpaired) electrons. The van der Waals surface area contributed by atoms with Crippen LogP contribution < -0.4 is 0 Å². The van der Waals surface area contributed by atoms with E-state index in [1.165, 1.54) is 10.8 Å². The van der Waals surface area contributed by atoms with Gasteiger partial charge in [0.25, 0.3) is 0 Å². The summed E-state index contributed by atoms with van der Waals surface area (Å²) in [6.07, 6.45) is 0. The Labute approximate surface area is 293 Å². The van der Waals surface area contributed by atoms with Crippen LogP contribution in [-0.2, 0) is 0 Å². The zero-order valence-corrected chi connectivity index (χ0v) is 27.4. The molecule has 0 spiro atoms. The quantitative estimate of drug-likeness (QED) is 0.185. The standard InChI is InChI=1S/C46H28N4O/c1-2-12-32(13-3-1)46-47-40-25-24-31-16-9-19-39(41(31)42(40)51-46)45-49-43(48-44(50-45)38-23-21-30-11-5-7-15-34(30)27-38)37-18-8-17-35(28-37)36-22-20-29-10-4-6-14-33(29)26-36/h1-28H. The summed E-state index contributed by atoms with van der Waals surface area (Å²) in [7, 11) is 0. The van der Waals surface area contributed by atoms with Gasteiger partial charge in [-0.3, -0.25) is 0 Å². The van der Waals surface area contributed by atoms with Crippen molar-refractivity contribution in [3.05, 3.63) is 170 Å². The Balaban J connectivity index is 1.18. The van der Waals surface area contributed by atoms with E-state index in [2.05, 4.69) is 127 Å². The number of hydrogen-bond donors (Lipinski definition) is 0. The van der Waals surface area contributed by atoms with Gasteiger partial charge in [-0.1, -0.05) is 133 Å². The van der Waals surface area contributed by atoms with Gasteiger partial charge in [0.1, 0.15) is 5.52 Å². The lowest BCUT2D eigenvalue weighted by Gasteiger charge is -2.12. The topological polar surface area (TPSA) is 64.7 Å². The molecule has 0 aliphatic heterocycles. The van der Waals surface area contributed by atoms with E-state index in [0.29, 0.717) is 28.9 Å². The van der Waals surface area contributed by atoms with Gasteiger partial charge in [0.05, 0.1) is 0 Å². The summed E-state index contributed by atoms with van der Waals surface area (Å²) in [4.78, 5) is 20.3. The highest BCUT2D eigenvalue weighted by Crippen LogP contribution is 2.37. The molecule has 0 bridgehead atoms. The maximum absolute atomic E-state index is 6.52. The molecule has 5 nitrogen and oxygen atoms in total. The summed E-state index contributed by atoms with van der Waals surface area (Å²) >= 11 is 0. The maximum atomic E-state index is 6.52. The number of rotatable bonds is 5. The lowest BCUT2D eigenvalue weighted by Crippen LogP contribution is -2.01. The van der Waals surface area contributed by atoms with E-state index in [0.717, 1.165) is 60.4 Å². The van der Waals surface area contributed by atoms with E-state index >= 15 is 0 Å². The highest BCUT2D eigenvalue weighted by atomic mass is 16.3. The third-order valence-electron chi connectivity index (χ3n) is 9.51. The van der Waals surface area contributed by atoms with Crippen molar-refractivity contribution in [2.24, 2.45) is 0 Å². The van der Waals surface area contributed by atoms with Crippen LogP contribution in [0.5, 0.6) is 0 Å². The van der Waals surface area contributed by atoms with Crippen molar-refractivity contribution < 1.29 is 4.42 Å². The minimum absolute atomic E-state index is 0.565. The first-order valence-corrected chi connectivity index (χ1v) is 17.0. The van der Waals surface area contributed by atoms with Crippen LogP contribution in [0.1, 0.15) is 0 Å². The van der Waals surface area contributed by atoms with Gasteiger partial charge in [-0.2, -0.15) is 0 Å². The van der Waals surface area contributed by atoms with Crippen LogP contribution in [0.25, 0.3) is 100 Å². The number of aromatic nitrogens is 4. The fourth-order valence-electron chi connectivity index (χ4n) is 6.94. The number of nitrogens with zero attached hydrogens (tertiary/aromatic N) is 4. The molecule has 0 aliphatic carbocycles. The van der Waals surface area contributed by atoms with Crippen molar-refractivity contribution in [2.75, 3.05) is 0 Å². The average Bonchev–Trinajstić information content (AvgIpc) is 3.66. The second-order valence-electron chi connectivity index (χ2n) is 12.7. The minimum Gasteiger partial charge on any atom is -0.435 e. The van der Waals surface area contributed by atoms with Gasteiger partial charge in [-0.15, -0.1) is 0 Å². The Kier molecular flexibility index (Phi) is 6.74. The highest BCUT2D eigenvalue weighted by molar-refractivity contribution is 6.10. The fraction of sp³-hybridized carbons (Fsp3) is 0. The predicted octanol–water partition coefficient (Wildman–Crippen LogP) is 11.8. The van der Waals surface area contributed by atoms with E-state index in [4.69, 9.17) is 24.4 Å². The van der Waals surface area contributed by atoms with Crippen molar-refractivity contribution in [1.29, 1.82) is 0 Å². The smallest absolute Gasteiger partial charge is 0.227 e. The lowest BCUT2D eigenvalue weighted by molar-refractivity contribution is 0.623. The largest absolute Gasteiger partial charge is 0.435 e. The average molecular weight is 653 g/mol. The van der Waals surface area contributed by atoms with E-state index in [-0.39, 0.29) is 0 Å². The molecule has 0 atom stereocenters. The van der Waals surface area contributed by atoms with Gasteiger partial charge in [-0.05, 0) is 74.5 Å². The van der Waals surface area contributed by atoms with E-state index in [1.807, 2.05) is 42.5 Å². The Morgan fingerprint density at radius 2 is 0.863 bits per heavy atom. The Hall–Kier alpha value is -6.98. The molecule has 10 aromatic rings. The van der Waals surface area contributed by atoms with Crippen LogP contribution in [0, 0.1) is 0 Å². The Bertz CT molecular complexity index is 2930. The second-order valence-corrected chi connectivity index (χ2v) is 12.7. The predicted molar refractivity (Wildman–Crippen MR) is 207 cm³/mol. The zero-order valence-electron chi connectivity index (χ0n) is 27.4. The third kappa shape index (κ3) is 5.20. The molecule has 0 saturated carbocycles. The van der Waals surface area contributed by atoms with Crippen molar-refractivity contribution in [3.63, 3.8) is 0 Å². The molecule has 0 aliphatic rings. The number of oxazole rings is 1. The van der Waals surface area contributed by atoms with Crippen LogP contribution >= 0.6 is 0 Å². The summed E-state index contributed by atoms with van der Waals surface area (Å²) < 4.78 is 6.52. The molecule has 51 heavy (non-hydrogen) atoms. The minimum atomic E-state index is 0.565. The molecular weight excluding hydrogens is 625 g/mol. The molecule has 10 rings (SSSR count). The highest BCUT2D eigenvalue weighted by Gasteiger charge is 2.19. The molecule has 0 fully saturated rings. The van der Waals surface area contributed by atoms with Gasteiger partial charge in [0.15, 0.2) is 23.1 Å². The summed E-state index contributed by atoms with van der Waals surface area (Å²) in [5.41, 5.74) is 7.31. The number of hydrogen-bond acceptors (Lipinski definition) is 5. The fourth-order valence-corrected chi connectivity index (χ4v) is 6.94. The summed E-state index contributed by atoms with van der Waals surface area (Å²) in [6, 6.07) is 58.4. The van der Waals surface area contributed by atoms with Gasteiger partial charge in [0.2, 0.25) is 5.89 Å². The molecule has 2 heterocycles. The van der Waals surface area contributed by atoms with Gasteiger partial charge in [-0.25, -0.2) is 19.9 Å². The van der Waals surface area contributed by atoms with Crippen LogP contribution in [0.2, 0.25) is 0 Å². The molecule has 0 unspecified atom stereocenters. The first-order valence-electron chi connectivity index (χ1n) is 17.0. The maximum Gasteiger partial charge on any atom is 0.227 e. The van der Waals surface area contributed by atoms with Gasteiger partial charge in [0, 0.05) is 27.6 Å². The lowest BCUT2D eigenvalue weighted by atomic mass is 9.99. The molecule has 0 N–H and O–H groups in total. The summed E-state index contributed by atoms with van der Waals surface area (Å²) in [6.45, 7) is 0. The first kappa shape index (κ1) is 29.0. The van der Waals surface area contributed by atoms with E-state index in [9.17, 15) is 0 Å². The van der Waals surface area contributed by atoms with E-state index in [1.54, 1.807) is 0 Å². The molecule has 0 amide bonds. The third-order valence-corrected chi connectivity index (χ3v) is 9.51. The van der Waals surface area contributed by atoms with Crippen molar-refractivity contribution in [2.45, 2.75) is 0 Å². The number of benzene rings is 8. The summed E-state index contributed by atoms with van der Waals surface area (Å²) in [5.74, 6) is 2.34. The molecular formula is C46H28N4O. The van der Waals surface area contributed by atoms with Crippen LogP contribution in [0.3, 0.4) is 0 Å². The molecule has 0 saturated heterocycles. The van der Waals surface area contributed by atoms with Crippen molar-refractivity contribution >= 4 is 43.4 Å². The van der Waals surface area contributed by atoms with Gasteiger partial charge >= 0.3 is 0 Å². The van der Waals surface area contributed by atoms with E-state index < -0.39 is 0 Å². The monoisotopic (exact) mass is 652 g/mol. The molecule has 238 valence electrons. The Morgan fingerprint density at radius 3 is 1.63 bits per heavy atom. The Morgan fingerprint density at radius 1 is 0.333 bits per heavy atom. The van der Waals surface area contributed by atoms with Crippen LogP contribution in [0.15, 0.2) is 174 Å². The molecule has 8 aromatic carbocycles. The molecule has 2 aromatic heterocycles. The number of fused-ring (bicyclic) bond motifs is 5. The van der Waals surface area contributed by atoms with Crippen LogP contribution in [-0.4, -0.2) is 19.9 Å². The van der Waals surface area contributed by atoms with Crippen LogP contribution in [0.4, 0.5) is 0 Å². The van der Waals surface area contributed by atoms with Crippen molar-refractivity contribution in [3.8, 4) is 56.7 Å². The van der Waals surface area contributed by atoms with Crippen molar-refractivity contribution in [1.82, 2.24) is 19.9 Å². The SMILES string of the molecule is c1ccc(-c2nc3ccc4cccc(-c5nc(-c6cccc(-c7ccc8ccccc8c7)c6)nc(-c6ccc7ccccc7c6)n5)c4c3o2)cc1. The normalized spacial score (nSPS) is 11.5. The molecule has 5 heteroatoms. The summed E-state index contributed by atoms with van der Waals surface area (Å²) in [5, 5.41) is 6.63. The van der Waals surface area contributed by atoms with Gasteiger partial charge < -0.3 is 4.42 Å². The zero-order chi connectivity index (χ0) is 33.7. The second kappa shape index (κ2) is 11.9. The first-order chi connectivity index (χ1) is 25.2.